The molecule has 1 fully saturated rings. The number of carboxylic acid groups (broad SMARTS) is 3. The Bertz CT molecular complexity index is 1910. The fraction of sp³-hybridized carbons (Fsp3) is 0.565. The molecule has 0 aliphatic heterocycles. The summed E-state index contributed by atoms with van der Waals surface area (Å²) in [6, 6.07) is 10.4. The molecular formula is C46H68N6O11. The van der Waals surface area contributed by atoms with Gasteiger partial charge in [-0.15, -0.1) is 0 Å². The summed E-state index contributed by atoms with van der Waals surface area (Å²) in [5.41, 5.74) is 5.89. The zero-order chi connectivity index (χ0) is 46.6. The number of amides is 4. The van der Waals surface area contributed by atoms with Gasteiger partial charge in [0.05, 0.1) is 30.8 Å². The number of nitrogens with one attached hydrogen (secondary N) is 5. The molecule has 63 heavy (non-hydrogen) atoms. The van der Waals surface area contributed by atoms with E-state index in [2.05, 4.69) is 27.8 Å². The minimum atomic E-state index is -1.59. The Labute approximate surface area is 370 Å². The standard InChI is InChI=1S/C46H68N6O11/c1-30(28-46(4,5)62-24-21-45(2,3)63-25-22-47)49-29-31-13-17-34(18-14-31)40(55)50-38(27-32-15-16-33-10-6-7-11-35(33)26-32)41(56)48-23-9-8-12-36(42(57)58)51-44(61)52-37(43(59)60)19-20-39(53)54/h6-7,10-11,15-16,19,26,31,34,36,38,49H,1,8-9,12-14,17-18,20-25,27-29,47H2,2-5H3,(H,48,56)(H,50,55)(H,53,54)(H,57,58)(H,59,60)(H2,51,52,61)/b37-19+/t31?,34?,36-,38-/m0/s1. The molecule has 0 aromatic heterocycles. The van der Waals surface area contributed by atoms with Crippen LogP contribution < -0.4 is 32.3 Å². The fourth-order valence-corrected chi connectivity index (χ4v) is 7.39. The zero-order valence-corrected chi connectivity index (χ0v) is 37.1. The number of hydrogen-bond acceptors (Lipinski definition) is 10. The predicted molar refractivity (Wildman–Crippen MR) is 238 cm³/mol. The van der Waals surface area contributed by atoms with Crippen molar-refractivity contribution in [3.63, 3.8) is 0 Å². The summed E-state index contributed by atoms with van der Waals surface area (Å²) < 4.78 is 12.0. The summed E-state index contributed by atoms with van der Waals surface area (Å²) in [5.74, 6) is -4.72. The third kappa shape index (κ3) is 19.6. The van der Waals surface area contributed by atoms with Gasteiger partial charge in [-0.1, -0.05) is 49.0 Å². The lowest BCUT2D eigenvalue weighted by Gasteiger charge is -2.32. The predicted octanol–water partition coefficient (Wildman–Crippen LogP) is 4.59. The molecule has 0 unspecified atom stereocenters. The Kier molecular flexibility index (Phi) is 21.0. The van der Waals surface area contributed by atoms with Gasteiger partial charge in [0.1, 0.15) is 17.8 Å². The zero-order valence-electron chi connectivity index (χ0n) is 37.1. The highest BCUT2D eigenvalue weighted by atomic mass is 16.5. The van der Waals surface area contributed by atoms with Crippen molar-refractivity contribution in [2.45, 2.75) is 122 Å². The van der Waals surface area contributed by atoms with Crippen LogP contribution in [0.2, 0.25) is 0 Å². The molecule has 0 bridgehead atoms. The number of hydrogen-bond donors (Lipinski definition) is 9. The third-order valence-corrected chi connectivity index (χ3v) is 11.0. The average molecular weight is 881 g/mol. The SMILES string of the molecule is C=C(CC(C)(C)OCCC(C)(C)OCCN)NCC1CCC(C(=O)N[C@@H](Cc2ccc3ccccc3c2)C(=O)NCCCC[C@H](NC(=O)N/C(=C/CC(=O)O)C(=O)O)C(=O)O)CC1. The molecule has 4 amide bonds. The van der Waals surface area contributed by atoms with E-state index in [1.165, 1.54) is 0 Å². The monoisotopic (exact) mass is 880 g/mol. The minimum Gasteiger partial charge on any atom is -0.481 e. The largest absolute Gasteiger partial charge is 0.481 e. The van der Waals surface area contributed by atoms with Crippen molar-refractivity contribution in [3.8, 4) is 0 Å². The number of urea groups is 1. The van der Waals surface area contributed by atoms with E-state index in [0.29, 0.717) is 51.4 Å². The van der Waals surface area contributed by atoms with Crippen LogP contribution in [0.4, 0.5) is 4.79 Å². The van der Waals surface area contributed by atoms with Gasteiger partial charge in [0.25, 0.3) is 0 Å². The van der Waals surface area contributed by atoms with Crippen molar-refractivity contribution in [2.24, 2.45) is 17.6 Å². The van der Waals surface area contributed by atoms with E-state index in [1.807, 2.05) is 75.5 Å². The van der Waals surface area contributed by atoms with Crippen LogP contribution in [0.5, 0.6) is 0 Å². The van der Waals surface area contributed by atoms with Crippen LogP contribution >= 0.6 is 0 Å². The van der Waals surface area contributed by atoms with Crippen LogP contribution in [0, 0.1) is 11.8 Å². The van der Waals surface area contributed by atoms with Gasteiger partial charge in [-0.05, 0) is 107 Å². The normalized spacial score (nSPS) is 16.6. The van der Waals surface area contributed by atoms with Crippen LogP contribution in [0.15, 0.2) is 66.5 Å². The lowest BCUT2D eigenvalue weighted by molar-refractivity contribution is -0.139. The average Bonchev–Trinajstić information content (AvgIpc) is 3.22. The summed E-state index contributed by atoms with van der Waals surface area (Å²) in [6.07, 6.45) is 5.36. The molecule has 3 rings (SSSR count). The summed E-state index contributed by atoms with van der Waals surface area (Å²) >= 11 is 0. The Morgan fingerprint density at radius 1 is 0.857 bits per heavy atom. The van der Waals surface area contributed by atoms with E-state index in [0.717, 1.165) is 53.9 Å². The lowest BCUT2D eigenvalue weighted by Crippen LogP contribution is -2.50. The number of fused-ring (bicyclic) bond motifs is 1. The van der Waals surface area contributed by atoms with E-state index in [9.17, 15) is 39.0 Å². The van der Waals surface area contributed by atoms with Gasteiger partial charge in [0.2, 0.25) is 11.8 Å². The number of carbonyl (C=O) groups excluding carboxylic acids is 3. The number of carbonyl (C=O) groups is 6. The second kappa shape index (κ2) is 25.6. The second-order valence-electron chi connectivity index (χ2n) is 17.4. The van der Waals surface area contributed by atoms with E-state index in [-0.39, 0.29) is 49.1 Å². The van der Waals surface area contributed by atoms with Gasteiger partial charge < -0.3 is 57.1 Å². The molecule has 2 atom stereocenters. The molecule has 0 saturated heterocycles. The van der Waals surface area contributed by atoms with Crippen LogP contribution in [0.25, 0.3) is 10.8 Å². The maximum absolute atomic E-state index is 13.7. The first-order chi connectivity index (χ1) is 29.8. The quantitative estimate of drug-likeness (QED) is 0.0419. The Balaban J connectivity index is 1.51. The van der Waals surface area contributed by atoms with Gasteiger partial charge in [-0.25, -0.2) is 14.4 Å². The molecule has 10 N–H and O–H groups in total. The fourth-order valence-electron chi connectivity index (χ4n) is 7.39. The molecular weight excluding hydrogens is 813 g/mol. The number of rotatable bonds is 28. The maximum atomic E-state index is 13.7. The van der Waals surface area contributed by atoms with Crippen molar-refractivity contribution in [3.05, 3.63) is 72.1 Å². The van der Waals surface area contributed by atoms with Crippen LogP contribution in [0.3, 0.4) is 0 Å². The molecule has 2 aromatic carbocycles. The molecule has 2 aromatic rings. The van der Waals surface area contributed by atoms with Crippen molar-refractivity contribution < 1.29 is 53.6 Å². The summed E-state index contributed by atoms with van der Waals surface area (Å²) in [4.78, 5) is 73.7. The summed E-state index contributed by atoms with van der Waals surface area (Å²) in [7, 11) is 0. The highest BCUT2D eigenvalue weighted by Gasteiger charge is 2.31. The molecule has 1 aliphatic carbocycles. The van der Waals surface area contributed by atoms with E-state index < -0.39 is 53.7 Å². The minimum absolute atomic E-state index is 0.0408. The molecule has 0 radical (unpaired) electrons. The van der Waals surface area contributed by atoms with Crippen molar-refractivity contribution in [1.29, 1.82) is 0 Å². The molecule has 17 heteroatoms. The van der Waals surface area contributed by atoms with E-state index in [4.69, 9.17) is 20.3 Å². The first-order valence-corrected chi connectivity index (χ1v) is 21.7. The first kappa shape index (κ1) is 51.8. The van der Waals surface area contributed by atoms with Gasteiger partial charge in [0.15, 0.2) is 0 Å². The van der Waals surface area contributed by atoms with E-state index in [1.54, 1.807) is 0 Å². The molecule has 0 spiro atoms. The van der Waals surface area contributed by atoms with Gasteiger partial charge in [-0.2, -0.15) is 0 Å². The first-order valence-electron chi connectivity index (χ1n) is 21.7. The molecule has 0 heterocycles. The lowest BCUT2D eigenvalue weighted by atomic mass is 9.81. The van der Waals surface area contributed by atoms with Gasteiger partial charge in [0, 0.05) is 44.1 Å². The third-order valence-electron chi connectivity index (χ3n) is 11.0. The molecule has 17 nitrogen and oxygen atoms in total. The van der Waals surface area contributed by atoms with Crippen molar-refractivity contribution in [1.82, 2.24) is 26.6 Å². The Morgan fingerprint density at radius 3 is 2.19 bits per heavy atom. The Morgan fingerprint density at radius 2 is 1.54 bits per heavy atom. The summed E-state index contributed by atoms with van der Waals surface area (Å²) in [5, 5.41) is 43.2. The highest BCUT2D eigenvalue weighted by Crippen LogP contribution is 2.30. The highest BCUT2D eigenvalue weighted by molar-refractivity contribution is 5.94. The van der Waals surface area contributed by atoms with Crippen molar-refractivity contribution >= 4 is 46.5 Å². The maximum Gasteiger partial charge on any atom is 0.352 e. The number of nitrogens with two attached hydrogens (primary N) is 1. The smallest absolute Gasteiger partial charge is 0.352 e. The number of aliphatic carboxylic acids is 3. The topological polar surface area (TPSA) is 268 Å². The second-order valence-corrected chi connectivity index (χ2v) is 17.4. The number of benzene rings is 2. The van der Waals surface area contributed by atoms with Crippen LogP contribution in [-0.4, -0.2) is 107 Å². The number of unbranched alkanes of at least 4 members (excludes halogenated alkanes) is 1. The molecule has 1 saturated carbocycles. The van der Waals surface area contributed by atoms with Gasteiger partial charge >= 0.3 is 23.9 Å². The van der Waals surface area contributed by atoms with Crippen LogP contribution in [-0.2, 0) is 39.9 Å². The van der Waals surface area contributed by atoms with Crippen LogP contribution in [0.1, 0.15) is 97.5 Å². The van der Waals surface area contributed by atoms with E-state index >= 15 is 0 Å². The number of ether oxygens (including phenoxy) is 2. The number of carboxylic acids is 3. The molecule has 348 valence electrons. The van der Waals surface area contributed by atoms with Gasteiger partial charge in [-0.3, -0.25) is 14.4 Å². The van der Waals surface area contributed by atoms with Crippen molar-refractivity contribution in [2.75, 3.05) is 32.8 Å². The molecule has 1 aliphatic rings. The summed E-state index contributed by atoms with van der Waals surface area (Å²) in [6.45, 7) is 14.8. The Hall–Kier alpha value is -5.52.